The quantitative estimate of drug-likeness (QED) is 0.529. The Bertz CT molecular complexity index is 886. The monoisotopic (exact) mass is 380 g/mol. The topological polar surface area (TPSA) is 25.2 Å². The van der Waals surface area contributed by atoms with Gasteiger partial charge in [0.15, 0.2) is 0 Å². The standard InChI is InChI=1S/C23H25ClN2O/c1-18-9-6-7-12-21(18)16-25-14-8-13-22(25)17-26(23(27)19(2)24)15-20-10-4-3-5-11-20/h3-14,19H,15-17H2,1-2H3/t19-/m1/s1. The van der Waals surface area contributed by atoms with Gasteiger partial charge in [-0.3, -0.25) is 4.79 Å². The van der Waals surface area contributed by atoms with E-state index in [4.69, 9.17) is 11.6 Å². The number of carbonyl (C=O) groups is 1. The molecule has 1 heterocycles. The van der Waals surface area contributed by atoms with Gasteiger partial charge in [0.05, 0.1) is 6.54 Å². The number of hydrogen-bond donors (Lipinski definition) is 0. The lowest BCUT2D eigenvalue weighted by atomic mass is 10.1. The fourth-order valence-corrected chi connectivity index (χ4v) is 3.32. The second-order valence-electron chi connectivity index (χ2n) is 6.85. The summed E-state index contributed by atoms with van der Waals surface area (Å²) in [5, 5.41) is -0.548. The fourth-order valence-electron chi connectivity index (χ4n) is 3.18. The molecule has 2 aromatic carbocycles. The fraction of sp³-hybridized carbons (Fsp3) is 0.261. The van der Waals surface area contributed by atoms with Crippen LogP contribution >= 0.6 is 11.6 Å². The lowest BCUT2D eigenvalue weighted by Crippen LogP contribution is -2.35. The molecule has 1 amide bonds. The third-order valence-corrected chi connectivity index (χ3v) is 4.93. The summed E-state index contributed by atoms with van der Waals surface area (Å²) >= 11 is 6.12. The Morgan fingerprint density at radius 1 is 1.00 bits per heavy atom. The van der Waals surface area contributed by atoms with Crippen LogP contribution in [0, 0.1) is 6.92 Å². The van der Waals surface area contributed by atoms with Crippen molar-refractivity contribution >= 4 is 17.5 Å². The SMILES string of the molecule is Cc1ccccc1Cn1cccc1CN(Cc1ccccc1)C(=O)[C@@H](C)Cl. The van der Waals surface area contributed by atoms with Gasteiger partial charge in [0.1, 0.15) is 5.38 Å². The molecule has 3 nitrogen and oxygen atoms in total. The first kappa shape index (κ1) is 19.2. The third kappa shape index (κ3) is 5.01. The Kier molecular flexibility index (Phi) is 6.36. The van der Waals surface area contributed by atoms with Crippen molar-refractivity contribution < 1.29 is 4.79 Å². The lowest BCUT2D eigenvalue weighted by molar-refractivity contribution is -0.131. The summed E-state index contributed by atoms with van der Waals surface area (Å²) in [6, 6.07) is 22.5. The van der Waals surface area contributed by atoms with Gasteiger partial charge >= 0.3 is 0 Å². The average molecular weight is 381 g/mol. The highest BCUT2D eigenvalue weighted by atomic mass is 35.5. The number of hydrogen-bond acceptors (Lipinski definition) is 1. The highest BCUT2D eigenvalue weighted by molar-refractivity contribution is 6.30. The van der Waals surface area contributed by atoms with Gasteiger partial charge in [0.25, 0.3) is 0 Å². The van der Waals surface area contributed by atoms with Gasteiger partial charge in [-0.25, -0.2) is 0 Å². The molecule has 1 atom stereocenters. The van der Waals surface area contributed by atoms with Crippen LogP contribution in [0.1, 0.15) is 29.3 Å². The summed E-state index contributed by atoms with van der Waals surface area (Å²) in [4.78, 5) is 14.5. The molecule has 0 radical (unpaired) electrons. The minimum Gasteiger partial charge on any atom is -0.345 e. The Morgan fingerprint density at radius 3 is 2.41 bits per heavy atom. The van der Waals surface area contributed by atoms with Crippen molar-refractivity contribution in [2.75, 3.05) is 0 Å². The molecule has 3 aromatic rings. The summed E-state index contributed by atoms with van der Waals surface area (Å²) in [5.41, 5.74) is 4.74. The van der Waals surface area contributed by atoms with Gasteiger partial charge in [-0.1, -0.05) is 54.6 Å². The first-order valence-electron chi connectivity index (χ1n) is 9.20. The number of carbonyl (C=O) groups excluding carboxylic acids is 1. The maximum atomic E-state index is 12.7. The molecule has 3 rings (SSSR count). The number of amides is 1. The van der Waals surface area contributed by atoms with Gasteiger partial charge in [0, 0.05) is 25.0 Å². The van der Waals surface area contributed by atoms with E-state index in [0.29, 0.717) is 13.1 Å². The summed E-state index contributed by atoms with van der Waals surface area (Å²) in [5.74, 6) is -0.0517. The molecule has 0 bridgehead atoms. The minimum atomic E-state index is -0.548. The van der Waals surface area contributed by atoms with Crippen LogP contribution in [0.15, 0.2) is 72.9 Å². The van der Waals surface area contributed by atoms with Crippen LogP contribution < -0.4 is 0 Å². The van der Waals surface area contributed by atoms with E-state index in [1.165, 1.54) is 11.1 Å². The molecule has 27 heavy (non-hydrogen) atoms. The van der Waals surface area contributed by atoms with Gasteiger partial charge in [-0.05, 0) is 42.7 Å². The Morgan fingerprint density at radius 2 is 1.70 bits per heavy atom. The van der Waals surface area contributed by atoms with Crippen molar-refractivity contribution in [2.24, 2.45) is 0 Å². The van der Waals surface area contributed by atoms with Crippen LogP contribution in [-0.4, -0.2) is 20.8 Å². The van der Waals surface area contributed by atoms with Crippen LogP contribution in [0.25, 0.3) is 0 Å². The largest absolute Gasteiger partial charge is 0.345 e. The van der Waals surface area contributed by atoms with Gasteiger partial charge in [-0.15, -0.1) is 11.6 Å². The number of halogens is 1. The van der Waals surface area contributed by atoms with Gasteiger partial charge < -0.3 is 9.47 Å². The number of aromatic nitrogens is 1. The summed E-state index contributed by atoms with van der Waals surface area (Å²) < 4.78 is 2.20. The molecule has 0 saturated carbocycles. The van der Waals surface area contributed by atoms with Crippen LogP contribution in [0.2, 0.25) is 0 Å². The van der Waals surface area contributed by atoms with E-state index < -0.39 is 5.38 Å². The second-order valence-corrected chi connectivity index (χ2v) is 7.50. The van der Waals surface area contributed by atoms with Crippen LogP contribution in [0.5, 0.6) is 0 Å². The van der Waals surface area contributed by atoms with E-state index in [0.717, 1.165) is 17.8 Å². The first-order valence-corrected chi connectivity index (χ1v) is 9.63. The van der Waals surface area contributed by atoms with Crippen molar-refractivity contribution in [1.82, 2.24) is 9.47 Å². The van der Waals surface area contributed by atoms with Gasteiger partial charge in [-0.2, -0.15) is 0 Å². The molecule has 0 fully saturated rings. The van der Waals surface area contributed by atoms with Crippen molar-refractivity contribution in [1.29, 1.82) is 0 Å². The Hall–Kier alpha value is -2.52. The highest BCUT2D eigenvalue weighted by Gasteiger charge is 2.20. The molecule has 140 valence electrons. The Labute approximate surface area is 166 Å². The summed E-state index contributed by atoms with van der Waals surface area (Å²) in [6.07, 6.45) is 2.07. The normalized spacial score (nSPS) is 12.0. The zero-order chi connectivity index (χ0) is 19.2. The smallest absolute Gasteiger partial charge is 0.240 e. The van der Waals surface area contributed by atoms with E-state index in [1.54, 1.807) is 6.92 Å². The van der Waals surface area contributed by atoms with Crippen molar-refractivity contribution in [3.05, 3.63) is 95.3 Å². The van der Waals surface area contributed by atoms with E-state index >= 15 is 0 Å². The minimum absolute atomic E-state index is 0.0517. The molecule has 0 unspecified atom stereocenters. The number of benzene rings is 2. The Balaban J connectivity index is 1.81. The van der Waals surface area contributed by atoms with Crippen LogP contribution in [0.3, 0.4) is 0 Å². The van der Waals surface area contributed by atoms with E-state index in [9.17, 15) is 4.79 Å². The molecule has 1 aromatic heterocycles. The molecule has 4 heteroatoms. The number of alkyl halides is 1. The first-order chi connectivity index (χ1) is 13.0. The summed E-state index contributed by atoms with van der Waals surface area (Å²) in [6.45, 7) is 5.72. The van der Waals surface area contributed by atoms with Crippen molar-refractivity contribution in [2.45, 2.75) is 38.9 Å². The predicted molar refractivity (Wildman–Crippen MR) is 111 cm³/mol. The van der Waals surface area contributed by atoms with E-state index in [2.05, 4.69) is 48.0 Å². The third-order valence-electron chi connectivity index (χ3n) is 4.75. The van der Waals surface area contributed by atoms with E-state index in [1.807, 2.05) is 41.3 Å². The number of nitrogens with zero attached hydrogens (tertiary/aromatic N) is 2. The highest BCUT2D eigenvalue weighted by Crippen LogP contribution is 2.16. The molecule has 0 spiro atoms. The molecule has 0 aliphatic carbocycles. The molecule has 0 aliphatic rings. The summed E-state index contributed by atoms with van der Waals surface area (Å²) in [7, 11) is 0. The molecule has 0 saturated heterocycles. The second kappa shape index (κ2) is 8.92. The number of aryl methyl sites for hydroxylation is 1. The van der Waals surface area contributed by atoms with Gasteiger partial charge in [0.2, 0.25) is 5.91 Å². The average Bonchev–Trinajstić information content (AvgIpc) is 3.10. The lowest BCUT2D eigenvalue weighted by Gasteiger charge is -2.25. The maximum absolute atomic E-state index is 12.7. The number of rotatable bonds is 7. The van der Waals surface area contributed by atoms with Crippen LogP contribution in [0.4, 0.5) is 0 Å². The zero-order valence-electron chi connectivity index (χ0n) is 15.8. The molecular weight excluding hydrogens is 356 g/mol. The maximum Gasteiger partial charge on any atom is 0.240 e. The van der Waals surface area contributed by atoms with Crippen molar-refractivity contribution in [3.63, 3.8) is 0 Å². The molecule has 0 N–H and O–H groups in total. The predicted octanol–water partition coefficient (Wildman–Crippen LogP) is 5.00. The molecule has 0 aliphatic heterocycles. The van der Waals surface area contributed by atoms with Crippen molar-refractivity contribution in [3.8, 4) is 0 Å². The van der Waals surface area contributed by atoms with Crippen LogP contribution in [-0.2, 0) is 24.4 Å². The van der Waals surface area contributed by atoms with E-state index in [-0.39, 0.29) is 5.91 Å². The zero-order valence-corrected chi connectivity index (χ0v) is 16.6. The molecular formula is C23H25ClN2O.